The van der Waals surface area contributed by atoms with Gasteiger partial charge in [0.2, 0.25) is 0 Å². The van der Waals surface area contributed by atoms with Gasteiger partial charge in [-0.3, -0.25) is 14.9 Å². The van der Waals surface area contributed by atoms with Crippen LogP contribution < -0.4 is 0 Å². The Bertz CT molecular complexity index is 676. The average molecular weight is 267 g/mol. The zero-order valence-corrected chi connectivity index (χ0v) is 10.8. The molecule has 20 heavy (non-hydrogen) atoms. The fourth-order valence-corrected chi connectivity index (χ4v) is 2.74. The van der Waals surface area contributed by atoms with Gasteiger partial charge < -0.3 is 0 Å². The van der Waals surface area contributed by atoms with E-state index in [1.165, 1.54) is 12.1 Å². The molecule has 3 rings (SSSR count). The minimum Gasteiger partial charge on any atom is -0.293 e. The molecule has 0 saturated carbocycles. The molecular formula is C16H13NO3. The van der Waals surface area contributed by atoms with Crippen LogP contribution in [0.1, 0.15) is 33.8 Å². The molecule has 0 aliphatic heterocycles. The van der Waals surface area contributed by atoms with E-state index >= 15 is 0 Å². The molecular weight excluding hydrogens is 254 g/mol. The first kappa shape index (κ1) is 12.5. The van der Waals surface area contributed by atoms with Crippen molar-refractivity contribution in [3.05, 3.63) is 75.3 Å². The van der Waals surface area contributed by atoms with Gasteiger partial charge in [0.15, 0.2) is 5.78 Å². The van der Waals surface area contributed by atoms with Gasteiger partial charge in [0.1, 0.15) is 0 Å². The number of ketones is 1. The Labute approximate surface area is 116 Å². The van der Waals surface area contributed by atoms with Gasteiger partial charge in [-0.05, 0) is 24.0 Å². The molecule has 4 heteroatoms. The average Bonchev–Trinajstić information content (AvgIpc) is 2.48. The number of nitro benzene ring substituents is 1. The molecule has 0 aromatic heterocycles. The minimum absolute atomic E-state index is 0.0532. The Kier molecular flexibility index (Phi) is 3.06. The topological polar surface area (TPSA) is 60.2 Å². The number of hydrogen-bond donors (Lipinski definition) is 0. The van der Waals surface area contributed by atoms with Crippen molar-refractivity contribution in [3.63, 3.8) is 0 Å². The Morgan fingerprint density at radius 2 is 1.75 bits per heavy atom. The molecule has 2 aromatic rings. The molecule has 0 heterocycles. The predicted molar refractivity (Wildman–Crippen MR) is 74.9 cm³/mol. The molecule has 2 aromatic carbocycles. The first-order valence-electron chi connectivity index (χ1n) is 6.53. The van der Waals surface area contributed by atoms with Gasteiger partial charge in [0, 0.05) is 23.6 Å². The van der Waals surface area contributed by atoms with Crippen LogP contribution in [0, 0.1) is 10.1 Å². The Balaban J connectivity index is 1.92. The molecule has 1 atom stereocenters. The molecule has 0 bridgehead atoms. The number of carbonyl (C=O) groups is 1. The van der Waals surface area contributed by atoms with Crippen LogP contribution in [-0.4, -0.2) is 10.7 Å². The lowest BCUT2D eigenvalue weighted by atomic mass is 9.79. The normalized spacial score (nSPS) is 17.6. The van der Waals surface area contributed by atoms with Crippen LogP contribution in [0.4, 0.5) is 5.69 Å². The highest BCUT2D eigenvalue weighted by Crippen LogP contribution is 2.33. The monoisotopic (exact) mass is 267 g/mol. The number of non-ortho nitro benzene ring substituents is 1. The molecule has 4 nitrogen and oxygen atoms in total. The van der Waals surface area contributed by atoms with Crippen molar-refractivity contribution in [2.45, 2.75) is 18.8 Å². The van der Waals surface area contributed by atoms with Crippen molar-refractivity contribution in [2.24, 2.45) is 0 Å². The van der Waals surface area contributed by atoms with Crippen LogP contribution >= 0.6 is 0 Å². The molecule has 1 unspecified atom stereocenters. The second-order valence-corrected chi connectivity index (χ2v) is 4.96. The number of rotatable bonds is 2. The van der Waals surface area contributed by atoms with Gasteiger partial charge in [-0.2, -0.15) is 0 Å². The van der Waals surface area contributed by atoms with E-state index in [1.807, 2.05) is 24.3 Å². The summed E-state index contributed by atoms with van der Waals surface area (Å²) in [6.07, 6.45) is 1.62. The minimum atomic E-state index is -0.429. The van der Waals surface area contributed by atoms with Crippen molar-refractivity contribution in [1.82, 2.24) is 0 Å². The Hall–Kier alpha value is -2.49. The molecule has 1 aliphatic carbocycles. The maximum absolute atomic E-state index is 12.5. The summed E-state index contributed by atoms with van der Waals surface area (Å²) < 4.78 is 0. The quantitative estimate of drug-likeness (QED) is 0.618. The summed E-state index contributed by atoms with van der Waals surface area (Å²) in [5, 5.41) is 10.7. The van der Waals surface area contributed by atoms with E-state index in [-0.39, 0.29) is 17.4 Å². The van der Waals surface area contributed by atoms with E-state index < -0.39 is 4.92 Å². The zero-order chi connectivity index (χ0) is 14.1. The van der Waals surface area contributed by atoms with E-state index in [0.717, 1.165) is 29.5 Å². The number of Topliss-reactive ketones (excluding diaryl/α,β-unsaturated/α-hetero) is 1. The second-order valence-electron chi connectivity index (χ2n) is 4.96. The van der Waals surface area contributed by atoms with E-state index in [1.54, 1.807) is 12.1 Å². The maximum Gasteiger partial charge on any atom is 0.269 e. The predicted octanol–water partition coefficient (Wildman–Crippen LogP) is 3.51. The summed E-state index contributed by atoms with van der Waals surface area (Å²) >= 11 is 0. The van der Waals surface area contributed by atoms with Gasteiger partial charge in [-0.1, -0.05) is 36.4 Å². The number of fused-ring (bicyclic) bond motifs is 1. The summed E-state index contributed by atoms with van der Waals surface area (Å²) in [6, 6.07) is 14.0. The lowest BCUT2D eigenvalue weighted by Gasteiger charge is -2.23. The van der Waals surface area contributed by atoms with E-state index in [4.69, 9.17) is 0 Å². The van der Waals surface area contributed by atoms with Crippen LogP contribution in [0.3, 0.4) is 0 Å². The van der Waals surface area contributed by atoms with Gasteiger partial charge in [-0.15, -0.1) is 0 Å². The first-order chi connectivity index (χ1) is 9.66. The molecule has 0 amide bonds. The second kappa shape index (κ2) is 4.89. The fraction of sp³-hybridized carbons (Fsp3) is 0.188. The smallest absolute Gasteiger partial charge is 0.269 e. The lowest BCUT2D eigenvalue weighted by Crippen LogP contribution is -2.20. The summed E-state index contributed by atoms with van der Waals surface area (Å²) in [6.45, 7) is 0. The molecule has 0 fully saturated rings. The Morgan fingerprint density at radius 3 is 2.45 bits per heavy atom. The summed E-state index contributed by atoms with van der Waals surface area (Å²) in [5.74, 6) is -0.0774. The van der Waals surface area contributed by atoms with E-state index in [2.05, 4.69) is 0 Å². The zero-order valence-electron chi connectivity index (χ0n) is 10.8. The van der Waals surface area contributed by atoms with Crippen molar-refractivity contribution in [3.8, 4) is 0 Å². The molecule has 100 valence electrons. The van der Waals surface area contributed by atoms with Crippen LogP contribution in [-0.2, 0) is 6.42 Å². The third kappa shape index (κ3) is 2.09. The summed E-state index contributed by atoms with van der Waals surface area (Å²) in [7, 11) is 0. The SMILES string of the molecule is O=C1c2ccccc2CCC1c1ccc([N+](=O)[O-])cc1. The molecule has 0 N–H and O–H groups in total. The third-order valence-corrected chi connectivity index (χ3v) is 3.81. The number of benzene rings is 2. The molecule has 1 aliphatic rings. The highest BCUT2D eigenvalue weighted by molar-refractivity contribution is 6.03. The van der Waals surface area contributed by atoms with Crippen molar-refractivity contribution < 1.29 is 9.72 Å². The number of nitro groups is 1. The molecule has 0 spiro atoms. The van der Waals surface area contributed by atoms with Crippen molar-refractivity contribution >= 4 is 11.5 Å². The number of carbonyl (C=O) groups excluding carboxylic acids is 1. The van der Waals surface area contributed by atoms with Gasteiger partial charge in [0.05, 0.1) is 4.92 Å². The van der Waals surface area contributed by atoms with Crippen LogP contribution in [0.25, 0.3) is 0 Å². The summed E-state index contributed by atoms with van der Waals surface area (Å²) in [4.78, 5) is 22.7. The summed E-state index contributed by atoms with van der Waals surface area (Å²) in [5.41, 5.74) is 2.78. The van der Waals surface area contributed by atoms with Crippen molar-refractivity contribution in [1.29, 1.82) is 0 Å². The molecule has 0 saturated heterocycles. The largest absolute Gasteiger partial charge is 0.293 e. The van der Waals surface area contributed by atoms with Crippen LogP contribution in [0.5, 0.6) is 0 Å². The highest BCUT2D eigenvalue weighted by atomic mass is 16.6. The van der Waals surface area contributed by atoms with Gasteiger partial charge >= 0.3 is 0 Å². The van der Waals surface area contributed by atoms with Gasteiger partial charge in [0.25, 0.3) is 5.69 Å². The number of aryl methyl sites for hydroxylation is 1. The Morgan fingerprint density at radius 1 is 1.05 bits per heavy atom. The first-order valence-corrected chi connectivity index (χ1v) is 6.53. The third-order valence-electron chi connectivity index (χ3n) is 3.81. The van der Waals surface area contributed by atoms with E-state index in [0.29, 0.717) is 0 Å². The lowest BCUT2D eigenvalue weighted by molar-refractivity contribution is -0.384. The van der Waals surface area contributed by atoms with Crippen LogP contribution in [0.15, 0.2) is 48.5 Å². The van der Waals surface area contributed by atoms with Crippen molar-refractivity contribution in [2.75, 3.05) is 0 Å². The van der Waals surface area contributed by atoms with Gasteiger partial charge in [-0.25, -0.2) is 0 Å². The maximum atomic E-state index is 12.5. The number of nitrogens with zero attached hydrogens (tertiary/aromatic N) is 1. The van der Waals surface area contributed by atoms with E-state index in [9.17, 15) is 14.9 Å². The number of hydrogen-bond acceptors (Lipinski definition) is 3. The van der Waals surface area contributed by atoms with Crippen LogP contribution in [0.2, 0.25) is 0 Å². The fourth-order valence-electron chi connectivity index (χ4n) is 2.74. The highest BCUT2D eigenvalue weighted by Gasteiger charge is 2.28. The molecule has 0 radical (unpaired) electrons. The standard InChI is InChI=1S/C16H13NO3/c18-16-14-4-2-1-3-11(14)7-10-15(16)12-5-8-13(9-6-12)17(19)20/h1-6,8-9,15H,7,10H2.